The maximum absolute atomic E-state index is 12.5. The Hall–Kier alpha value is -1.40. The van der Waals surface area contributed by atoms with Crippen molar-refractivity contribution in [2.75, 3.05) is 19.8 Å². The highest BCUT2D eigenvalue weighted by Crippen LogP contribution is 2.27. The van der Waals surface area contributed by atoms with E-state index in [-0.39, 0.29) is 24.5 Å². The van der Waals surface area contributed by atoms with Crippen molar-refractivity contribution in [3.8, 4) is 0 Å². The number of hydrogen-bond donors (Lipinski definition) is 1. The van der Waals surface area contributed by atoms with Gasteiger partial charge >= 0.3 is 0 Å². The Balaban J connectivity index is 2.04. The first-order chi connectivity index (χ1) is 10.4. The molecule has 1 aliphatic rings. The second-order valence-electron chi connectivity index (χ2n) is 5.64. The summed E-state index contributed by atoms with van der Waals surface area (Å²) >= 11 is 1.74. The van der Waals surface area contributed by atoms with Gasteiger partial charge in [-0.15, -0.1) is 11.3 Å². The molecule has 1 fully saturated rings. The van der Waals surface area contributed by atoms with Crippen molar-refractivity contribution in [1.82, 2.24) is 10.2 Å². The summed E-state index contributed by atoms with van der Waals surface area (Å²) < 4.78 is 5.36. The van der Waals surface area contributed by atoms with E-state index in [2.05, 4.69) is 25.2 Å². The Kier molecular flexibility index (Phi) is 5.58. The van der Waals surface area contributed by atoms with Crippen LogP contribution in [0, 0.1) is 6.92 Å². The number of morpholine rings is 1. The van der Waals surface area contributed by atoms with E-state index in [0.717, 1.165) is 11.3 Å². The molecule has 122 valence electrons. The first kappa shape index (κ1) is 17.0. The van der Waals surface area contributed by atoms with Crippen LogP contribution in [0.15, 0.2) is 6.07 Å². The van der Waals surface area contributed by atoms with Crippen LogP contribution in [0.25, 0.3) is 0 Å². The van der Waals surface area contributed by atoms with Crippen molar-refractivity contribution in [3.05, 3.63) is 21.4 Å². The molecule has 1 saturated heterocycles. The third-order valence-corrected chi connectivity index (χ3v) is 5.55. The average molecular weight is 324 g/mol. The van der Waals surface area contributed by atoms with E-state index in [1.54, 1.807) is 16.2 Å². The van der Waals surface area contributed by atoms with Crippen molar-refractivity contribution in [2.24, 2.45) is 0 Å². The number of nitrogens with zero attached hydrogens (tertiary/aromatic N) is 1. The minimum atomic E-state index is -0.527. The van der Waals surface area contributed by atoms with E-state index in [9.17, 15) is 9.59 Å². The van der Waals surface area contributed by atoms with Gasteiger partial charge in [0.05, 0.1) is 19.3 Å². The van der Waals surface area contributed by atoms with E-state index >= 15 is 0 Å². The Labute approximate surface area is 135 Å². The summed E-state index contributed by atoms with van der Waals surface area (Å²) in [6, 6.07) is 1.54. The first-order valence-electron chi connectivity index (χ1n) is 7.68. The molecular weight excluding hydrogens is 300 g/mol. The highest BCUT2D eigenvalue weighted by molar-refractivity contribution is 7.12. The van der Waals surface area contributed by atoms with Gasteiger partial charge in [-0.05, 0) is 31.9 Å². The lowest BCUT2D eigenvalue weighted by Gasteiger charge is -2.34. The summed E-state index contributed by atoms with van der Waals surface area (Å²) in [6.45, 7) is 8.93. The van der Waals surface area contributed by atoms with E-state index in [1.165, 1.54) is 17.4 Å². The Morgan fingerprint density at radius 2 is 2.27 bits per heavy atom. The first-order valence-corrected chi connectivity index (χ1v) is 8.50. The van der Waals surface area contributed by atoms with Gasteiger partial charge in [-0.1, -0.05) is 6.92 Å². The van der Waals surface area contributed by atoms with Crippen LogP contribution in [-0.4, -0.2) is 42.5 Å². The molecule has 22 heavy (non-hydrogen) atoms. The van der Waals surface area contributed by atoms with Gasteiger partial charge in [0.2, 0.25) is 11.8 Å². The second-order valence-corrected chi connectivity index (χ2v) is 6.81. The number of nitrogens with one attached hydrogen (secondary N) is 1. The van der Waals surface area contributed by atoms with Gasteiger partial charge in [0.1, 0.15) is 6.04 Å². The third-order valence-electron chi connectivity index (χ3n) is 3.98. The number of amides is 2. The maximum atomic E-state index is 12.5. The zero-order valence-electron chi connectivity index (χ0n) is 13.6. The largest absolute Gasteiger partial charge is 0.377 e. The molecule has 1 N–H and O–H groups in total. The molecule has 0 unspecified atom stereocenters. The van der Waals surface area contributed by atoms with Crippen molar-refractivity contribution in [3.63, 3.8) is 0 Å². The fraction of sp³-hybridized carbons (Fsp3) is 0.625. The lowest BCUT2D eigenvalue weighted by Crippen LogP contribution is -2.55. The molecule has 2 heterocycles. The molecule has 0 saturated carbocycles. The number of carbonyl (C=O) groups is 2. The van der Waals surface area contributed by atoms with Crippen molar-refractivity contribution >= 4 is 23.2 Å². The van der Waals surface area contributed by atoms with Gasteiger partial charge in [-0.3, -0.25) is 9.59 Å². The van der Waals surface area contributed by atoms with E-state index < -0.39 is 6.04 Å². The Morgan fingerprint density at radius 3 is 2.86 bits per heavy atom. The summed E-state index contributed by atoms with van der Waals surface area (Å²) in [7, 11) is 0. The molecule has 5 nitrogen and oxygen atoms in total. The molecule has 2 atom stereocenters. The van der Waals surface area contributed by atoms with Crippen LogP contribution in [0.5, 0.6) is 0 Å². The zero-order chi connectivity index (χ0) is 16.3. The minimum Gasteiger partial charge on any atom is -0.377 e. The van der Waals surface area contributed by atoms with Crippen LogP contribution >= 0.6 is 11.3 Å². The molecule has 0 radical (unpaired) electrons. The predicted octanol–water partition coefficient (Wildman–Crippen LogP) is 2.04. The Bertz CT molecular complexity index is 556. The molecule has 2 amide bonds. The molecule has 0 aliphatic carbocycles. The fourth-order valence-corrected chi connectivity index (χ4v) is 3.81. The molecule has 0 aromatic carbocycles. The Morgan fingerprint density at radius 1 is 1.55 bits per heavy atom. The van der Waals surface area contributed by atoms with Gasteiger partial charge in [0, 0.05) is 23.2 Å². The second kappa shape index (κ2) is 7.24. The minimum absolute atomic E-state index is 0.0627. The summed E-state index contributed by atoms with van der Waals surface area (Å²) in [5.74, 6) is -0.233. The number of thiophene rings is 1. The van der Waals surface area contributed by atoms with Gasteiger partial charge in [-0.2, -0.15) is 0 Å². The molecular formula is C16H24N2O3S. The molecule has 1 aromatic rings. The van der Waals surface area contributed by atoms with E-state index in [0.29, 0.717) is 13.2 Å². The monoisotopic (exact) mass is 324 g/mol. The lowest BCUT2D eigenvalue weighted by atomic mass is 10.1. The SMILES string of the molecule is CCc1sc([C@H](C)NC(=O)[C@@H]2COCCN2C(C)=O)cc1C. The topological polar surface area (TPSA) is 58.6 Å². The third kappa shape index (κ3) is 3.67. The molecule has 2 rings (SSSR count). The predicted molar refractivity (Wildman–Crippen MR) is 87.0 cm³/mol. The van der Waals surface area contributed by atoms with Gasteiger partial charge in [0.15, 0.2) is 0 Å². The van der Waals surface area contributed by atoms with Crippen molar-refractivity contribution in [2.45, 2.75) is 46.2 Å². The van der Waals surface area contributed by atoms with Crippen LogP contribution in [0.3, 0.4) is 0 Å². The molecule has 1 aromatic heterocycles. The quantitative estimate of drug-likeness (QED) is 0.922. The highest BCUT2D eigenvalue weighted by atomic mass is 32.1. The summed E-state index contributed by atoms with van der Waals surface area (Å²) in [5, 5.41) is 3.01. The van der Waals surface area contributed by atoms with Crippen molar-refractivity contribution < 1.29 is 14.3 Å². The number of rotatable bonds is 4. The molecule has 0 bridgehead atoms. The molecule has 6 heteroatoms. The van der Waals surface area contributed by atoms with E-state index in [4.69, 9.17) is 4.74 Å². The van der Waals surface area contributed by atoms with Crippen LogP contribution in [0.1, 0.15) is 42.1 Å². The smallest absolute Gasteiger partial charge is 0.245 e. The fourth-order valence-electron chi connectivity index (χ4n) is 2.69. The summed E-state index contributed by atoms with van der Waals surface area (Å²) in [6.07, 6.45) is 1.01. The highest BCUT2D eigenvalue weighted by Gasteiger charge is 2.32. The van der Waals surface area contributed by atoms with Gasteiger partial charge in [-0.25, -0.2) is 0 Å². The van der Waals surface area contributed by atoms with E-state index in [1.807, 2.05) is 6.92 Å². The standard InChI is InChI=1S/C16H24N2O3S/c1-5-14-10(2)8-15(22-14)11(3)17-16(20)13-9-21-7-6-18(13)12(4)19/h8,11,13H,5-7,9H2,1-4H3,(H,17,20)/t11-,13-/m0/s1. The van der Waals surface area contributed by atoms with Crippen molar-refractivity contribution in [1.29, 1.82) is 0 Å². The number of aryl methyl sites for hydroxylation is 2. The lowest BCUT2D eigenvalue weighted by molar-refractivity contribution is -0.147. The summed E-state index contributed by atoms with van der Waals surface area (Å²) in [4.78, 5) is 28.2. The number of carbonyl (C=O) groups excluding carboxylic acids is 2. The molecule has 0 spiro atoms. The van der Waals surface area contributed by atoms with Gasteiger partial charge < -0.3 is 15.0 Å². The number of hydrogen-bond acceptors (Lipinski definition) is 4. The maximum Gasteiger partial charge on any atom is 0.245 e. The van der Waals surface area contributed by atoms with Crippen LogP contribution in [0.2, 0.25) is 0 Å². The zero-order valence-corrected chi connectivity index (χ0v) is 14.5. The van der Waals surface area contributed by atoms with Crippen LogP contribution in [-0.2, 0) is 20.7 Å². The van der Waals surface area contributed by atoms with Crippen LogP contribution < -0.4 is 5.32 Å². The normalized spacial score (nSPS) is 19.8. The summed E-state index contributed by atoms with van der Waals surface area (Å²) in [5.41, 5.74) is 1.27. The molecule has 1 aliphatic heterocycles. The van der Waals surface area contributed by atoms with Gasteiger partial charge in [0.25, 0.3) is 0 Å². The average Bonchev–Trinajstić information content (AvgIpc) is 2.88. The van der Waals surface area contributed by atoms with Crippen LogP contribution in [0.4, 0.5) is 0 Å². The number of ether oxygens (including phenoxy) is 1.